The van der Waals surface area contributed by atoms with Gasteiger partial charge in [0.05, 0.1) is 12.0 Å². The number of furan rings is 1. The van der Waals surface area contributed by atoms with Gasteiger partial charge in [-0.3, -0.25) is 14.7 Å². The summed E-state index contributed by atoms with van der Waals surface area (Å²) in [7, 11) is 0. The largest absolute Gasteiger partial charge is 0.461 e. The number of aromatic nitrogens is 6. The van der Waals surface area contributed by atoms with Gasteiger partial charge >= 0.3 is 0 Å². The Morgan fingerprint density at radius 1 is 1.14 bits per heavy atom. The molecular formula is C17H12N6O4S. The fraction of sp³-hybridized carbons (Fsp3) is 0.118. The highest BCUT2D eigenvalue weighted by Gasteiger charge is 2.14. The van der Waals surface area contributed by atoms with Crippen molar-refractivity contribution >= 4 is 23.1 Å². The lowest BCUT2D eigenvalue weighted by Gasteiger charge is -2.06. The molecule has 0 saturated carbocycles. The summed E-state index contributed by atoms with van der Waals surface area (Å²) in [6.07, 6.45) is 1.53. The molecule has 0 saturated heterocycles. The van der Waals surface area contributed by atoms with Gasteiger partial charge in [0.1, 0.15) is 5.76 Å². The number of nitrogens with zero attached hydrogens (tertiary/aromatic N) is 5. The zero-order chi connectivity index (χ0) is 19.3. The third-order valence-electron chi connectivity index (χ3n) is 3.94. The maximum Gasteiger partial charge on any atom is 0.287 e. The van der Waals surface area contributed by atoms with Crippen molar-refractivity contribution in [3.8, 4) is 11.6 Å². The molecule has 0 spiro atoms. The van der Waals surface area contributed by atoms with Crippen LogP contribution in [0.25, 0.3) is 22.9 Å². The zero-order valence-electron chi connectivity index (χ0n) is 14.4. The monoisotopic (exact) mass is 396 g/mol. The van der Waals surface area contributed by atoms with E-state index in [4.69, 9.17) is 8.94 Å². The maximum absolute atomic E-state index is 12.2. The van der Waals surface area contributed by atoms with Crippen LogP contribution in [0.15, 0.2) is 60.3 Å². The van der Waals surface area contributed by atoms with Gasteiger partial charge in [0, 0.05) is 24.0 Å². The molecule has 0 atom stereocenters. The Bertz CT molecular complexity index is 1430. The molecule has 5 aromatic heterocycles. The lowest BCUT2D eigenvalue weighted by molar-refractivity contribution is 0.344. The summed E-state index contributed by atoms with van der Waals surface area (Å²) in [5.41, 5.74) is 0.838. The Morgan fingerprint density at radius 2 is 2.04 bits per heavy atom. The van der Waals surface area contributed by atoms with Gasteiger partial charge in [0.25, 0.3) is 11.1 Å². The minimum absolute atomic E-state index is 0.292. The summed E-state index contributed by atoms with van der Waals surface area (Å²) in [5, 5.41) is 3.15. The number of fused-ring (bicyclic) bond motifs is 2. The number of rotatable bonds is 4. The highest BCUT2D eigenvalue weighted by Crippen LogP contribution is 2.24. The summed E-state index contributed by atoms with van der Waals surface area (Å²) < 4.78 is 13.3. The fourth-order valence-electron chi connectivity index (χ4n) is 2.78. The second-order valence-corrected chi connectivity index (χ2v) is 6.94. The van der Waals surface area contributed by atoms with E-state index in [2.05, 4.69) is 20.1 Å². The van der Waals surface area contributed by atoms with Gasteiger partial charge in [-0.2, -0.15) is 4.98 Å². The summed E-state index contributed by atoms with van der Waals surface area (Å²) in [6.45, 7) is 1.75. The summed E-state index contributed by atoms with van der Waals surface area (Å²) in [6, 6.07) is 7.95. The molecule has 5 heterocycles. The number of thioether (sulfide) groups is 1. The number of hydrogen-bond donors (Lipinski definition) is 1. The topological polar surface area (TPSA) is 124 Å². The van der Waals surface area contributed by atoms with Gasteiger partial charge in [0.15, 0.2) is 28.0 Å². The van der Waals surface area contributed by atoms with Crippen LogP contribution in [-0.2, 0) is 5.75 Å². The molecule has 1 N–H and O–H groups in total. The highest BCUT2D eigenvalue weighted by molar-refractivity contribution is 7.98. The van der Waals surface area contributed by atoms with Crippen molar-refractivity contribution in [1.82, 2.24) is 29.1 Å². The van der Waals surface area contributed by atoms with E-state index in [1.807, 2.05) is 0 Å². The Morgan fingerprint density at radius 3 is 2.86 bits per heavy atom. The molecule has 0 unspecified atom stereocenters. The van der Waals surface area contributed by atoms with E-state index in [1.165, 1.54) is 34.7 Å². The van der Waals surface area contributed by atoms with Crippen LogP contribution >= 0.6 is 11.8 Å². The number of aryl methyl sites for hydroxylation is 1. The van der Waals surface area contributed by atoms with Crippen LogP contribution in [0, 0.1) is 6.92 Å². The molecule has 5 rings (SSSR count). The molecule has 5 aromatic rings. The van der Waals surface area contributed by atoms with Crippen molar-refractivity contribution < 1.29 is 8.94 Å². The van der Waals surface area contributed by atoms with Crippen LogP contribution in [0.2, 0.25) is 0 Å². The standard InChI is InChI=1S/C17H12N6O4S/c1-9-5-13-18-10(6-15(25)23(13)27-9)8-28-17-20-16(11-3-2-4-26-11)19-12-7-14(24)21-22(12)17/h2-7H,8H2,1H3,(H,21,24). The Labute approximate surface area is 159 Å². The first kappa shape index (κ1) is 16.6. The molecule has 0 aromatic carbocycles. The van der Waals surface area contributed by atoms with E-state index in [1.54, 1.807) is 25.1 Å². The van der Waals surface area contributed by atoms with Crippen LogP contribution in [0.5, 0.6) is 0 Å². The summed E-state index contributed by atoms with van der Waals surface area (Å²) >= 11 is 1.31. The Balaban J connectivity index is 1.54. The molecule has 28 heavy (non-hydrogen) atoms. The molecule has 10 nitrogen and oxygen atoms in total. The predicted molar refractivity (Wildman–Crippen MR) is 99.3 cm³/mol. The van der Waals surface area contributed by atoms with Crippen molar-refractivity contribution in [2.45, 2.75) is 17.8 Å². The average Bonchev–Trinajstić information content (AvgIpc) is 3.37. The molecule has 0 amide bonds. The van der Waals surface area contributed by atoms with Crippen LogP contribution < -0.4 is 11.1 Å². The normalized spacial score (nSPS) is 11.6. The maximum atomic E-state index is 12.2. The smallest absolute Gasteiger partial charge is 0.287 e. The van der Waals surface area contributed by atoms with Crippen LogP contribution in [-0.4, -0.2) is 29.1 Å². The zero-order valence-corrected chi connectivity index (χ0v) is 15.3. The Kier molecular flexibility index (Phi) is 3.69. The number of hydrogen-bond acceptors (Lipinski definition) is 8. The molecule has 0 radical (unpaired) electrons. The van der Waals surface area contributed by atoms with Gasteiger partial charge in [-0.25, -0.2) is 14.5 Å². The van der Waals surface area contributed by atoms with Gasteiger partial charge in [-0.05, 0) is 19.1 Å². The number of H-pyrrole nitrogens is 1. The van der Waals surface area contributed by atoms with Crippen molar-refractivity contribution in [1.29, 1.82) is 0 Å². The third kappa shape index (κ3) is 2.81. The van der Waals surface area contributed by atoms with Crippen LogP contribution in [0.4, 0.5) is 0 Å². The molecule has 0 aliphatic rings. The lowest BCUT2D eigenvalue weighted by atomic mass is 10.4. The van der Waals surface area contributed by atoms with E-state index in [0.717, 1.165) is 4.57 Å². The number of nitrogens with one attached hydrogen (secondary N) is 1. The van der Waals surface area contributed by atoms with Crippen molar-refractivity contribution in [3.05, 3.63) is 68.8 Å². The third-order valence-corrected chi connectivity index (χ3v) is 4.91. The minimum atomic E-state index is -0.299. The van der Waals surface area contributed by atoms with Gasteiger partial charge < -0.3 is 8.94 Å². The van der Waals surface area contributed by atoms with Crippen molar-refractivity contribution in [2.75, 3.05) is 0 Å². The van der Waals surface area contributed by atoms with E-state index in [9.17, 15) is 9.59 Å². The Hall–Kier alpha value is -3.60. The first-order valence-corrected chi connectivity index (χ1v) is 9.21. The summed E-state index contributed by atoms with van der Waals surface area (Å²) in [5.74, 6) is 1.81. The second-order valence-electron chi connectivity index (χ2n) is 5.99. The fourth-order valence-corrected chi connectivity index (χ4v) is 3.63. The van der Waals surface area contributed by atoms with E-state index >= 15 is 0 Å². The van der Waals surface area contributed by atoms with Crippen molar-refractivity contribution in [3.63, 3.8) is 0 Å². The summed E-state index contributed by atoms with van der Waals surface area (Å²) in [4.78, 5) is 37.2. The lowest BCUT2D eigenvalue weighted by Crippen LogP contribution is -2.13. The van der Waals surface area contributed by atoms with Crippen LogP contribution in [0.3, 0.4) is 0 Å². The molecule has 0 bridgehead atoms. The molecule has 0 aliphatic heterocycles. The van der Waals surface area contributed by atoms with Gasteiger partial charge in [-0.15, -0.1) is 4.57 Å². The van der Waals surface area contributed by atoms with Crippen molar-refractivity contribution in [2.24, 2.45) is 0 Å². The van der Waals surface area contributed by atoms with E-state index in [-0.39, 0.29) is 11.1 Å². The second kappa shape index (κ2) is 6.23. The van der Waals surface area contributed by atoms with Crippen LogP contribution in [0.1, 0.15) is 11.5 Å². The quantitative estimate of drug-likeness (QED) is 0.457. The first-order chi connectivity index (χ1) is 13.6. The first-order valence-electron chi connectivity index (χ1n) is 8.23. The van der Waals surface area contributed by atoms with Gasteiger partial charge in [-0.1, -0.05) is 11.8 Å². The van der Waals surface area contributed by atoms with E-state index in [0.29, 0.717) is 45.2 Å². The molecular weight excluding hydrogens is 384 g/mol. The molecule has 140 valence electrons. The highest BCUT2D eigenvalue weighted by atomic mass is 32.2. The van der Waals surface area contributed by atoms with E-state index < -0.39 is 0 Å². The van der Waals surface area contributed by atoms with Gasteiger partial charge in [0.2, 0.25) is 0 Å². The average molecular weight is 396 g/mol. The SMILES string of the molecule is Cc1cc2nc(CSc3nc(-c4ccco4)nc4cc(=O)[nH]n34)cc(=O)n2o1. The molecule has 0 fully saturated rings. The molecule has 11 heteroatoms. The predicted octanol–water partition coefficient (Wildman–Crippen LogP) is 1.88. The number of aromatic amines is 1. The molecule has 0 aliphatic carbocycles. The minimum Gasteiger partial charge on any atom is -0.461 e.